The molecule has 1 aromatic carbocycles. The molecular weight excluding hydrogens is 314 g/mol. The molecule has 0 radical (unpaired) electrons. The Morgan fingerprint density at radius 3 is 2.60 bits per heavy atom. The zero-order chi connectivity index (χ0) is 17.2. The van der Waals surface area contributed by atoms with E-state index in [1.807, 2.05) is 18.2 Å². The first kappa shape index (κ1) is 16.4. The number of nitrogens with one attached hydrogen (secondary N) is 2. The van der Waals surface area contributed by atoms with Crippen LogP contribution in [0.2, 0.25) is 0 Å². The number of rotatable bonds is 2. The number of benzene rings is 1. The molecule has 1 saturated carbocycles. The van der Waals surface area contributed by atoms with Crippen LogP contribution in [0.1, 0.15) is 68.1 Å². The van der Waals surface area contributed by atoms with Crippen molar-refractivity contribution >= 4 is 23.2 Å². The zero-order valence-electron chi connectivity index (χ0n) is 14.7. The maximum absolute atomic E-state index is 12.6. The quantitative estimate of drug-likeness (QED) is 0.810. The number of hydrogen-bond donors (Lipinski definition) is 2. The molecule has 0 spiro atoms. The number of piperidine rings is 1. The number of amides is 2. The average Bonchev–Trinajstić information content (AvgIpc) is 2.90. The van der Waals surface area contributed by atoms with E-state index in [9.17, 15) is 9.59 Å². The van der Waals surface area contributed by atoms with Crippen LogP contribution in [0.4, 0.5) is 11.4 Å². The predicted octanol–water partition coefficient (Wildman–Crippen LogP) is 3.45. The molecule has 2 N–H and O–H groups in total. The van der Waals surface area contributed by atoms with Gasteiger partial charge in [-0.2, -0.15) is 0 Å². The van der Waals surface area contributed by atoms with Gasteiger partial charge in [0, 0.05) is 18.2 Å². The lowest BCUT2D eigenvalue weighted by molar-refractivity contribution is -0.118. The molecule has 1 aliphatic carbocycles. The molecule has 3 aliphatic rings. The second-order valence-corrected chi connectivity index (χ2v) is 7.59. The summed E-state index contributed by atoms with van der Waals surface area (Å²) < 4.78 is 0. The van der Waals surface area contributed by atoms with Crippen LogP contribution in [0.3, 0.4) is 0 Å². The van der Waals surface area contributed by atoms with E-state index < -0.39 is 0 Å². The van der Waals surface area contributed by atoms with Crippen LogP contribution in [0.5, 0.6) is 0 Å². The minimum Gasteiger partial charge on any atom is -0.358 e. The minimum absolute atomic E-state index is 0.0234. The van der Waals surface area contributed by atoms with Crippen LogP contribution in [-0.4, -0.2) is 30.4 Å². The van der Waals surface area contributed by atoms with E-state index in [0.29, 0.717) is 5.56 Å². The Kier molecular flexibility index (Phi) is 4.64. The molecule has 1 unspecified atom stereocenters. The summed E-state index contributed by atoms with van der Waals surface area (Å²) in [6.07, 6.45) is 10.2. The fraction of sp³-hybridized carbons (Fsp3) is 0.600. The van der Waals surface area contributed by atoms with Gasteiger partial charge in [0.1, 0.15) is 6.04 Å². The van der Waals surface area contributed by atoms with Crippen molar-refractivity contribution < 1.29 is 9.59 Å². The van der Waals surface area contributed by atoms with E-state index in [4.69, 9.17) is 0 Å². The minimum atomic E-state index is -0.0492. The topological polar surface area (TPSA) is 61.4 Å². The molecule has 25 heavy (non-hydrogen) atoms. The second kappa shape index (κ2) is 7.06. The summed E-state index contributed by atoms with van der Waals surface area (Å²) in [5.74, 6) is 0.0400. The lowest BCUT2D eigenvalue weighted by Crippen LogP contribution is -2.50. The third-order valence-electron chi connectivity index (χ3n) is 5.82. The summed E-state index contributed by atoms with van der Waals surface area (Å²) in [5, 5.41) is 6.19. The summed E-state index contributed by atoms with van der Waals surface area (Å²) in [6.45, 7) is 0.915. The highest BCUT2D eigenvalue weighted by Crippen LogP contribution is 2.36. The summed E-state index contributed by atoms with van der Waals surface area (Å²) >= 11 is 0. The molecule has 2 fully saturated rings. The Morgan fingerprint density at radius 2 is 1.80 bits per heavy atom. The highest BCUT2D eigenvalue weighted by Gasteiger charge is 2.34. The van der Waals surface area contributed by atoms with Gasteiger partial charge >= 0.3 is 0 Å². The maximum atomic E-state index is 12.6. The summed E-state index contributed by atoms with van der Waals surface area (Å²) in [7, 11) is 0. The third-order valence-corrected chi connectivity index (χ3v) is 5.82. The number of hydrogen-bond acceptors (Lipinski definition) is 3. The van der Waals surface area contributed by atoms with Crippen molar-refractivity contribution in [1.82, 2.24) is 5.32 Å². The van der Waals surface area contributed by atoms with E-state index in [1.165, 1.54) is 25.7 Å². The van der Waals surface area contributed by atoms with Gasteiger partial charge in [0.2, 0.25) is 5.91 Å². The highest BCUT2D eigenvalue weighted by molar-refractivity contribution is 6.05. The maximum Gasteiger partial charge on any atom is 0.251 e. The van der Waals surface area contributed by atoms with E-state index in [2.05, 4.69) is 15.5 Å². The van der Waals surface area contributed by atoms with Crippen molar-refractivity contribution in [2.45, 2.75) is 69.9 Å². The predicted molar refractivity (Wildman–Crippen MR) is 99.0 cm³/mol. The molecule has 2 aliphatic heterocycles. The van der Waals surface area contributed by atoms with Crippen LogP contribution >= 0.6 is 0 Å². The van der Waals surface area contributed by atoms with Crippen molar-refractivity contribution in [1.29, 1.82) is 0 Å². The zero-order valence-corrected chi connectivity index (χ0v) is 14.7. The van der Waals surface area contributed by atoms with Crippen molar-refractivity contribution in [3.05, 3.63) is 23.8 Å². The van der Waals surface area contributed by atoms with Gasteiger partial charge in [0.05, 0.1) is 11.4 Å². The number of carbonyl (C=O) groups is 2. The van der Waals surface area contributed by atoms with E-state index in [0.717, 1.165) is 50.0 Å². The lowest BCUT2D eigenvalue weighted by atomic mass is 9.96. The van der Waals surface area contributed by atoms with Crippen LogP contribution in [-0.2, 0) is 4.79 Å². The number of fused-ring (bicyclic) bond motifs is 3. The number of anilines is 2. The normalized spacial score (nSPS) is 23.9. The van der Waals surface area contributed by atoms with Crippen molar-refractivity contribution in [3.63, 3.8) is 0 Å². The fourth-order valence-corrected chi connectivity index (χ4v) is 4.43. The fourth-order valence-electron chi connectivity index (χ4n) is 4.43. The van der Waals surface area contributed by atoms with E-state index in [-0.39, 0.29) is 23.9 Å². The molecule has 2 amide bonds. The van der Waals surface area contributed by atoms with Gasteiger partial charge in [-0.05, 0) is 50.3 Å². The van der Waals surface area contributed by atoms with E-state index >= 15 is 0 Å². The summed E-state index contributed by atoms with van der Waals surface area (Å²) in [6, 6.07) is 5.96. The van der Waals surface area contributed by atoms with Gasteiger partial charge in [0.25, 0.3) is 5.91 Å². The van der Waals surface area contributed by atoms with Crippen molar-refractivity contribution in [2.24, 2.45) is 0 Å². The molecule has 4 rings (SSSR count). The first-order valence-corrected chi connectivity index (χ1v) is 9.75. The lowest BCUT2D eigenvalue weighted by Gasteiger charge is -2.41. The van der Waals surface area contributed by atoms with Crippen molar-refractivity contribution in [3.8, 4) is 0 Å². The van der Waals surface area contributed by atoms with Gasteiger partial charge in [0.15, 0.2) is 0 Å². The Hall–Kier alpha value is -2.04. The first-order chi connectivity index (χ1) is 12.2. The Bertz CT molecular complexity index is 665. The molecule has 0 aromatic heterocycles. The Balaban J connectivity index is 1.51. The van der Waals surface area contributed by atoms with Crippen LogP contribution in [0.25, 0.3) is 0 Å². The summed E-state index contributed by atoms with van der Waals surface area (Å²) in [5.41, 5.74) is 2.46. The summed E-state index contributed by atoms with van der Waals surface area (Å²) in [4.78, 5) is 27.2. The van der Waals surface area contributed by atoms with Crippen LogP contribution in [0, 0.1) is 0 Å². The SMILES string of the molecule is O=C(NC1CCCCCC1)c1ccc2c(c1)NC(=O)C1CCCCN21. The number of carbonyl (C=O) groups excluding carboxylic acids is 2. The standard InChI is InChI=1S/C20H27N3O2/c24-19(21-15-7-3-1-2-4-8-15)14-10-11-17-16(13-14)22-20(25)18-9-5-6-12-23(17)18/h10-11,13,15,18H,1-9,12H2,(H,21,24)(H,22,25). The van der Waals surface area contributed by atoms with Crippen LogP contribution < -0.4 is 15.5 Å². The third kappa shape index (κ3) is 3.37. The monoisotopic (exact) mass is 341 g/mol. The number of nitrogens with zero attached hydrogens (tertiary/aromatic N) is 1. The van der Waals surface area contributed by atoms with Gasteiger partial charge in [-0.15, -0.1) is 0 Å². The van der Waals surface area contributed by atoms with E-state index in [1.54, 1.807) is 0 Å². The molecular formula is C20H27N3O2. The van der Waals surface area contributed by atoms with Gasteiger partial charge in [-0.1, -0.05) is 25.7 Å². The molecule has 1 atom stereocenters. The molecule has 1 saturated heterocycles. The van der Waals surface area contributed by atoms with Gasteiger partial charge < -0.3 is 15.5 Å². The molecule has 5 heteroatoms. The van der Waals surface area contributed by atoms with Crippen LogP contribution in [0.15, 0.2) is 18.2 Å². The first-order valence-electron chi connectivity index (χ1n) is 9.75. The second-order valence-electron chi connectivity index (χ2n) is 7.59. The molecule has 5 nitrogen and oxygen atoms in total. The van der Waals surface area contributed by atoms with Gasteiger partial charge in [-0.25, -0.2) is 0 Å². The average molecular weight is 341 g/mol. The molecule has 1 aromatic rings. The Morgan fingerprint density at radius 1 is 1.04 bits per heavy atom. The Labute approximate surface area is 149 Å². The largest absolute Gasteiger partial charge is 0.358 e. The molecule has 134 valence electrons. The molecule has 0 bridgehead atoms. The van der Waals surface area contributed by atoms with Crippen molar-refractivity contribution in [2.75, 3.05) is 16.8 Å². The molecule has 2 heterocycles. The van der Waals surface area contributed by atoms with Gasteiger partial charge in [-0.3, -0.25) is 9.59 Å². The smallest absolute Gasteiger partial charge is 0.251 e. The highest BCUT2D eigenvalue weighted by atomic mass is 16.2.